The Labute approximate surface area is 184 Å². The van der Waals surface area contributed by atoms with E-state index in [4.69, 9.17) is 9.47 Å². The minimum atomic E-state index is -1.74. The van der Waals surface area contributed by atoms with E-state index in [9.17, 15) is 9.90 Å². The molecule has 5 nitrogen and oxygen atoms in total. The molecule has 4 rings (SSSR count). The van der Waals surface area contributed by atoms with Crippen molar-refractivity contribution in [2.75, 3.05) is 26.2 Å². The SMILES string of the molecule is O=C(O[C@@H]1CCN(CCCOc2ccccc2)C1)C(O)(c1cccs1)c1cccs1. The highest BCUT2D eigenvalue weighted by Crippen LogP contribution is 2.37. The first-order valence-electron chi connectivity index (χ1n) is 10.1. The van der Waals surface area contributed by atoms with Gasteiger partial charge in [-0.25, -0.2) is 4.79 Å². The largest absolute Gasteiger partial charge is 0.494 e. The second kappa shape index (κ2) is 9.75. The molecule has 1 atom stereocenters. The summed E-state index contributed by atoms with van der Waals surface area (Å²) in [4.78, 5) is 16.5. The van der Waals surface area contributed by atoms with Gasteiger partial charge in [-0.15, -0.1) is 22.7 Å². The van der Waals surface area contributed by atoms with Crippen LogP contribution in [0.1, 0.15) is 22.6 Å². The van der Waals surface area contributed by atoms with Crippen LogP contribution < -0.4 is 4.74 Å². The Morgan fingerprint density at radius 2 is 1.77 bits per heavy atom. The lowest BCUT2D eigenvalue weighted by atomic mass is 10.00. The summed E-state index contributed by atoms with van der Waals surface area (Å²) >= 11 is 2.72. The molecule has 0 unspecified atom stereocenters. The molecule has 1 saturated heterocycles. The van der Waals surface area contributed by atoms with Crippen molar-refractivity contribution in [1.29, 1.82) is 0 Å². The number of rotatable bonds is 9. The molecule has 1 aliphatic heterocycles. The van der Waals surface area contributed by atoms with Gasteiger partial charge in [0.05, 0.1) is 16.4 Å². The van der Waals surface area contributed by atoms with Crippen molar-refractivity contribution < 1.29 is 19.4 Å². The van der Waals surface area contributed by atoms with Gasteiger partial charge in [0.1, 0.15) is 11.9 Å². The van der Waals surface area contributed by atoms with Gasteiger partial charge < -0.3 is 14.6 Å². The van der Waals surface area contributed by atoms with E-state index in [2.05, 4.69) is 4.90 Å². The maximum atomic E-state index is 13.0. The number of esters is 1. The number of benzene rings is 1. The number of carbonyl (C=O) groups excluding carboxylic acids is 1. The van der Waals surface area contributed by atoms with Gasteiger partial charge in [0.15, 0.2) is 0 Å². The third-order valence-corrected chi connectivity index (χ3v) is 7.14. The van der Waals surface area contributed by atoms with Crippen LogP contribution in [0.4, 0.5) is 0 Å². The Hall–Kier alpha value is -2.19. The van der Waals surface area contributed by atoms with Crippen molar-refractivity contribution in [2.45, 2.75) is 24.5 Å². The van der Waals surface area contributed by atoms with E-state index >= 15 is 0 Å². The Morgan fingerprint density at radius 3 is 2.40 bits per heavy atom. The van der Waals surface area contributed by atoms with Crippen LogP contribution in [-0.4, -0.2) is 48.3 Å². The zero-order valence-electron chi connectivity index (χ0n) is 16.6. The number of carbonyl (C=O) groups is 1. The number of thiophene rings is 2. The molecular weight excluding hydrogens is 418 g/mol. The molecule has 0 saturated carbocycles. The maximum Gasteiger partial charge on any atom is 0.349 e. The van der Waals surface area contributed by atoms with E-state index in [0.29, 0.717) is 22.9 Å². The maximum absolute atomic E-state index is 13.0. The molecule has 0 radical (unpaired) electrons. The molecule has 1 fully saturated rings. The van der Waals surface area contributed by atoms with Gasteiger partial charge in [-0.3, -0.25) is 4.90 Å². The molecule has 1 aliphatic rings. The lowest BCUT2D eigenvalue weighted by molar-refractivity contribution is -0.166. The monoisotopic (exact) mass is 443 g/mol. The fourth-order valence-electron chi connectivity index (χ4n) is 3.62. The summed E-state index contributed by atoms with van der Waals surface area (Å²) in [6.45, 7) is 3.10. The van der Waals surface area contributed by atoms with Crippen LogP contribution in [0.5, 0.6) is 5.75 Å². The van der Waals surface area contributed by atoms with Crippen molar-refractivity contribution in [2.24, 2.45) is 0 Å². The van der Waals surface area contributed by atoms with Crippen LogP contribution in [0.15, 0.2) is 65.4 Å². The Bertz CT molecular complexity index is 878. The highest BCUT2D eigenvalue weighted by atomic mass is 32.1. The second-order valence-corrected chi connectivity index (χ2v) is 9.19. The van der Waals surface area contributed by atoms with Gasteiger partial charge in [0.2, 0.25) is 5.60 Å². The van der Waals surface area contributed by atoms with Gasteiger partial charge in [-0.2, -0.15) is 0 Å². The summed E-state index contributed by atoms with van der Waals surface area (Å²) in [6.07, 6.45) is 1.47. The normalized spacial score (nSPS) is 17.2. The molecule has 7 heteroatoms. The number of ether oxygens (including phenoxy) is 2. The van der Waals surface area contributed by atoms with Crippen LogP contribution in [0, 0.1) is 0 Å². The first-order chi connectivity index (χ1) is 14.7. The van der Waals surface area contributed by atoms with E-state index in [1.165, 1.54) is 22.7 Å². The average Bonchev–Trinajstić information content (AvgIpc) is 3.54. The standard InChI is InChI=1S/C23H25NO4S2/c25-22(23(26,20-9-4-15-29-20)21-10-5-16-30-21)28-19-11-13-24(17-19)12-6-14-27-18-7-2-1-3-8-18/h1-5,7-10,15-16,19,26H,6,11-14,17H2/t19-/m1/s1. The molecule has 1 aromatic carbocycles. The van der Waals surface area contributed by atoms with E-state index in [-0.39, 0.29) is 6.10 Å². The van der Waals surface area contributed by atoms with Gasteiger partial charge in [-0.1, -0.05) is 30.3 Å². The Morgan fingerprint density at radius 1 is 1.07 bits per heavy atom. The molecule has 3 heterocycles. The van der Waals surface area contributed by atoms with Crippen molar-refractivity contribution >= 4 is 28.6 Å². The quantitative estimate of drug-likeness (QED) is 0.398. The third-order valence-electron chi connectivity index (χ3n) is 5.18. The van der Waals surface area contributed by atoms with Crippen molar-refractivity contribution in [1.82, 2.24) is 4.90 Å². The van der Waals surface area contributed by atoms with Crippen molar-refractivity contribution in [3.05, 3.63) is 75.1 Å². The molecule has 30 heavy (non-hydrogen) atoms. The summed E-state index contributed by atoms with van der Waals surface area (Å²) in [5.41, 5.74) is -1.74. The molecule has 0 amide bonds. The fourth-order valence-corrected chi connectivity index (χ4v) is 5.33. The molecule has 3 aromatic rings. The Kier molecular flexibility index (Phi) is 6.84. The Balaban J connectivity index is 1.28. The minimum absolute atomic E-state index is 0.209. The van der Waals surface area contributed by atoms with E-state index < -0.39 is 11.6 Å². The highest BCUT2D eigenvalue weighted by Gasteiger charge is 2.45. The summed E-state index contributed by atoms with van der Waals surface area (Å²) in [7, 11) is 0. The minimum Gasteiger partial charge on any atom is -0.494 e. The first-order valence-corrected chi connectivity index (χ1v) is 11.8. The van der Waals surface area contributed by atoms with Crippen LogP contribution >= 0.6 is 22.7 Å². The molecular formula is C23H25NO4S2. The predicted molar refractivity (Wildman–Crippen MR) is 119 cm³/mol. The van der Waals surface area contributed by atoms with Crippen molar-refractivity contribution in [3.63, 3.8) is 0 Å². The number of nitrogens with zero attached hydrogens (tertiary/aromatic N) is 1. The molecule has 0 bridgehead atoms. The van der Waals surface area contributed by atoms with E-state index in [1.54, 1.807) is 12.1 Å². The topological polar surface area (TPSA) is 59.0 Å². The van der Waals surface area contributed by atoms with Gasteiger partial charge in [-0.05, 0) is 47.9 Å². The number of para-hydroxylation sites is 1. The smallest absolute Gasteiger partial charge is 0.349 e. The van der Waals surface area contributed by atoms with Gasteiger partial charge in [0.25, 0.3) is 0 Å². The number of hydrogen-bond acceptors (Lipinski definition) is 7. The van der Waals surface area contributed by atoms with Gasteiger partial charge >= 0.3 is 5.97 Å². The highest BCUT2D eigenvalue weighted by molar-refractivity contribution is 7.12. The summed E-state index contributed by atoms with van der Waals surface area (Å²) in [5, 5.41) is 15.0. The molecule has 0 aliphatic carbocycles. The fraction of sp³-hybridized carbons (Fsp3) is 0.348. The number of likely N-dealkylation sites (tertiary alicyclic amines) is 1. The van der Waals surface area contributed by atoms with Crippen molar-refractivity contribution in [3.8, 4) is 5.75 Å². The van der Waals surface area contributed by atoms with Crippen LogP contribution in [0.25, 0.3) is 0 Å². The second-order valence-electron chi connectivity index (χ2n) is 7.30. The molecule has 158 valence electrons. The number of hydrogen-bond donors (Lipinski definition) is 1. The van der Waals surface area contributed by atoms with E-state index in [0.717, 1.165) is 31.7 Å². The zero-order chi connectivity index (χ0) is 20.8. The third kappa shape index (κ3) is 4.75. The molecule has 2 aromatic heterocycles. The zero-order valence-corrected chi connectivity index (χ0v) is 18.2. The van der Waals surface area contributed by atoms with Gasteiger partial charge in [0, 0.05) is 19.6 Å². The lowest BCUT2D eigenvalue weighted by Gasteiger charge is -2.26. The lowest BCUT2D eigenvalue weighted by Crippen LogP contribution is -2.39. The summed E-state index contributed by atoms with van der Waals surface area (Å²) in [6, 6.07) is 17.0. The summed E-state index contributed by atoms with van der Waals surface area (Å²) in [5.74, 6) is 0.291. The van der Waals surface area contributed by atoms with Crippen LogP contribution in [-0.2, 0) is 15.1 Å². The summed E-state index contributed by atoms with van der Waals surface area (Å²) < 4.78 is 11.5. The van der Waals surface area contributed by atoms with Crippen LogP contribution in [0.2, 0.25) is 0 Å². The molecule has 0 spiro atoms. The van der Waals surface area contributed by atoms with E-state index in [1.807, 2.05) is 53.2 Å². The molecule has 1 N–H and O–H groups in total. The first kappa shape index (κ1) is 21.1. The number of aliphatic hydroxyl groups is 1. The van der Waals surface area contributed by atoms with Crippen LogP contribution in [0.3, 0.4) is 0 Å². The predicted octanol–water partition coefficient (Wildman–Crippen LogP) is 4.13. The average molecular weight is 444 g/mol.